The summed E-state index contributed by atoms with van der Waals surface area (Å²) in [6.07, 6.45) is 9.46. The third kappa shape index (κ3) is 2.60. The van der Waals surface area contributed by atoms with E-state index in [9.17, 15) is 4.79 Å². The van der Waals surface area contributed by atoms with Gasteiger partial charge < -0.3 is 0 Å². The second-order valence-corrected chi connectivity index (χ2v) is 3.40. The Morgan fingerprint density at radius 1 is 1.64 bits per heavy atom. The van der Waals surface area contributed by atoms with Crippen LogP contribution in [0.15, 0.2) is 24.3 Å². The number of hydrogen-bond donors (Lipinski definition) is 0. The van der Waals surface area contributed by atoms with E-state index in [-0.39, 0.29) is 17.6 Å². The van der Waals surface area contributed by atoms with E-state index < -0.39 is 0 Å². The third-order valence-corrected chi connectivity index (χ3v) is 2.36. The van der Waals surface area contributed by atoms with Gasteiger partial charge in [-0.25, -0.2) is 0 Å². The largest absolute Gasteiger partial charge is 0.294 e. The van der Waals surface area contributed by atoms with Gasteiger partial charge in [0, 0.05) is 11.8 Å². The Kier molecular flexibility index (Phi) is 4.19. The Labute approximate surface area is 85.9 Å². The third-order valence-electron chi connectivity index (χ3n) is 2.36. The quantitative estimate of drug-likeness (QED) is 0.378. The van der Waals surface area contributed by atoms with Crippen molar-refractivity contribution in [2.75, 3.05) is 0 Å². The number of carbonyl (C=O) groups is 1. The molecule has 1 aliphatic carbocycles. The van der Waals surface area contributed by atoms with Crippen LogP contribution in [0.5, 0.6) is 0 Å². The Balaban J connectivity index is 2.63. The second kappa shape index (κ2) is 5.44. The van der Waals surface area contributed by atoms with Gasteiger partial charge in [0.2, 0.25) is 0 Å². The highest BCUT2D eigenvalue weighted by molar-refractivity contribution is 5.92. The Morgan fingerprint density at radius 2 is 2.43 bits per heavy atom. The average Bonchev–Trinajstić information content (AvgIpc) is 2.63. The Bertz CT molecular complexity index is 312. The molecule has 0 bridgehead atoms. The summed E-state index contributed by atoms with van der Waals surface area (Å²) >= 11 is 0. The van der Waals surface area contributed by atoms with Crippen LogP contribution in [0.4, 0.5) is 0 Å². The molecule has 0 aromatic carbocycles. The van der Waals surface area contributed by atoms with E-state index in [0.29, 0.717) is 0 Å². The molecule has 0 saturated heterocycles. The van der Waals surface area contributed by atoms with Gasteiger partial charge >= 0.3 is 0 Å². The van der Waals surface area contributed by atoms with Crippen molar-refractivity contribution in [3.05, 3.63) is 24.3 Å². The summed E-state index contributed by atoms with van der Waals surface area (Å²) in [5.41, 5.74) is 0. The van der Waals surface area contributed by atoms with Gasteiger partial charge in [0.1, 0.15) is 0 Å². The van der Waals surface area contributed by atoms with E-state index >= 15 is 0 Å². The van der Waals surface area contributed by atoms with Crippen LogP contribution in [0.3, 0.4) is 0 Å². The van der Waals surface area contributed by atoms with Gasteiger partial charge in [-0.3, -0.25) is 4.79 Å². The topological polar surface area (TPSA) is 17.1 Å². The lowest BCUT2D eigenvalue weighted by Gasteiger charge is -2.10. The summed E-state index contributed by atoms with van der Waals surface area (Å²) in [5, 5.41) is 0. The molecule has 1 nitrogen and oxygen atoms in total. The Hall–Kier alpha value is -1.29. The maximum absolute atomic E-state index is 11.7. The van der Waals surface area contributed by atoms with Crippen LogP contribution >= 0.6 is 0 Å². The highest BCUT2D eigenvalue weighted by atomic mass is 16.1. The van der Waals surface area contributed by atoms with E-state index in [1.165, 1.54) is 0 Å². The molecule has 1 aliphatic rings. The summed E-state index contributed by atoms with van der Waals surface area (Å²) in [5.74, 6) is 6.34. The molecule has 2 atom stereocenters. The van der Waals surface area contributed by atoms with Crippen molar-refractivity contribution in [1.82, 2.24) is 0 Å². The molecule has 74 valence electrons. The van der Waals surface area contributed by atoms with Crippen LogP contribution in [-0.2, 0) is 4.79 Å². The average molecular weight is 188 g/mol. The maximum Gasteiger partial charge on any atom is 0.160 e. The molecule has 1 heteroatoms. The zero-order valence-electron chi connectivity index (χ0n) is 8.79. The first kappa shape index (κ1) is 10.8. The summed E-state index contributed by atoms with van der Waals surface area (Å²) in [7, 11) is 0. The number of ketones is 1. The van der Waals surface area contributed by atoms with Gasteiger partial charge in [-0.1, -0.05) is 31.1 Å². The number of allylic oxidation sites excluding steroid dienone is 4. The molecular formula is C13H16O. The second-order valence-electron chi connectivity index (χ2n) is 3.40. The van der Waals surface area contributed by atoms with Crippen molar-refractivity contribution in [2.45, 2.75) is 26.7 Å². The lowest BCUT2D eigenvalue weighted by atomic mass is 9.91. The highest BCUT2D eigenvalue weighted by Crippen LogP contribution is 2.25. The molecule has 0 N–H and O–H groups in total. The molecule has 0 spiro atoms. The van der Waals surface area contributed by atoms with Crippen LogP contribution in [0.1, 0.15) is 26.7 Å². The zero-order chi connectivity index (χ0) is 10.4. The van der Waals surface area contributed by atoms with Crippen molar-refractivity contribution in [2.24, 2.45) is 11.8 Å². The lowest BCUT2D eigenvalue weighted by molar-refractivity contribution is -0.118. The molecule has 1 rings (SSSR count). The lowest BCUT2D eigenvalue weighted by Crippen LogP contribution is -2.16. The summed E-state index contributed by atoms with van der Waals surface area (Å²) in [4.78, 5) is 11.7. The molecule has 0 amide bonds. The van der Waals surface area contributed by atoms with Crippen molar-refractivity contribution < 1.29 is 4.79 Å². The van der Waals surface area contributed by atoms with E-state index in [1.807, 2.05) is 26.0 Å². The van der Waals surface area contributed by atoms with E-state index in [1.54, 1.807) is 6.08 Å². The van der Waals surface area contributed by atoms with Gasteiger partial charge in [0.25, 0.3) is 0 Å². The molecule has 14 heavy (non-hydrogen) atoms. The van der Waals surface area contributed by atoms with Crippen LogP contribution in [0, 0.1) is 23.7 Å². The molecule has 0 fully saturated rings. The van der Waals surface area contributed by atoms with E-state index in [0.717, 1.165) is 12.8 Å². The van der Waals surface area contributed by atoms with Gasteiger partial charge in [-0.2, -0.15) is 0 Å². The first-order chi connectivity index (χ1) is 6.79. The van der Waals surface area contributed by atoms with Gasteiger partial charge in [-0.15, -0.1) is 5.92 Å². The zero-order valence-corrected chi connectivity index (χ0v) is 8.79. The number of carbonyl (C=O) groups excluding carboxylic acids is 1. The SMILES string of the molecule is CC#C[C@@H]1C=CC[C@H]1C(=O)/C=C\CC. The fourth-order valence-electron chi connectivity index (χ4n) is 1.62. The number of hydrogen-bond acceptors (Lipinski definition) is 1. The van der Waals surface area contributed by atoms with Crippen LogP contribution in [0.25, 0.3) is 0 Å². The summed E-state index contributed by atoms with van der Waals surface area (Å²) in [6.45, 7) is 3.84. The van der Waals surface area contributed by atoms with Crippen molar-refractivity contribution >= 4 is 5.78 Å². The molecule has 0 aromatic rings. The predicted molar refractivity (Wildman–Crippen MR) is 58.6 cm³/mol. The van der Waals surface area contributed by atoms with Gasteiger partial charge in [-0.05, 0) is 25.8 Å². The first-order valence-electron chi connectivity index (χ1n) is 5.09. The molecule has 0 radical (unpaired) electrons. The fourth-order valence-corrected chi connectivity index (χ4v) is 1.62. The van der Waals surface area contributed by atoms with Crippen molar-refractivity contribution in [1.29, 1.82) is 0 Å². The van der Waals surface area contributed by atoms with Crippen LogP contribution in [0.2, 0.25) is 0 Å². The molecular weight excluding hydrogens is 172 g/mol. The fraction of sp³-hybridized carbons (Fsp3) is 0.462. The standard InChI is InChI=1S/C13H16O/c1-3-5-10-13(14)12-9-6-8-11(12)7-4-2/h5-6,8,10-12H,3,9H2,1-2H3/b10-5-/t11-,12-/m1/s1. The van der Waals surface area contributed by atoms with E-state index in [2.05, 4.69) is 17.9 Å². The Morgan fingerprint density at radius 3 is 3.07 bits per heavy atom. The maximum atomic E-state index is 11.7. The van der Waals surface area contributed by atoms with Gasteiger partial charge in [0.05, 0.1) is 0 Å². The molecule has 0 aromatic heterocycles. The summed E-state index contributed by atoms with van der Waals surface area (Å²) < 4.78 is 0. The normalized spacial score (nSPS) is 25.0. The molecule has 0 unspecified atom stereocenters. The summed E-state index contributed by atoms with van der Waals surface area (Å²) in [6, 6.07) is 0. The molecule has 0 aliphatic heterocycles. The van der Waals surface area contributed by atoms with Gasteiger partial charge in [0.15, 0.2) is 5.78 Å². The molecule has 0 saturated carbocycles. The van der Waals surface area contributed by atoms with Crippen molar-refractivity contribution in [3.8, 4) is 11.8 Å². The first-order valence-corrected chi connectivity index (χ1v) is 5.09. The minimum absolute atomic E-state index is 0.0604. The van der Waals surface area contributed by atoms with Crippen LogP contribution in [-0.4, -0.2) is 5.78 Å². The molecule has 0 heterocycles. The van der Waals surface area contributed by atoms with Crippen LogP contribution < -0.4 is 0 Å². The monoisotopic (exact) mass is 188 g/mol. The van der Waals surface area contributed by atoms with E-state index in [4.69, 9.17) is 0 Å². The smallest absolute Gasteiger partial charge is 0.160 e. The minimum atomic E-state index is 0.0604. The number of rotatable bonds is 3. The van der Waals surface area contributed by atoms with Crippen molar-refractivity contribution in [3.63, 3.8) is 0 Å². The highest BCUT2D eigenvalue weighted by Gasteiger charge is 2.25. The predicted octanol–water partition coefficient (Wildman–Crippen LogP) is 2.74. The minimum Gasteiger partial charge on any atom is -0.294 e.